The Morgan fingerprint density at radius 1 is 0.905 bits per heavy atom. The molecule has 2 N–H and O–H groups in total. The maximum absolute atomic E-state index is 13.3. The van der Waals surface area contributed by atoms with Crippen molar-refractivity contribution in [3.8, 4) is 11.3 Å². The highest BCUT2D eigenvalue weighted by Gasteiger charge is 2.22. The Bertz CT molecular complexity index is 1590. The second kappa shape index (κ2) is 13.1. The summed E-state index contributed by atoms with van der Waals surface area (Å²) in [5.74, 6) is 0.174. The van der Waals surface area contributed by atoms with E-state index in [-0.39, 0.29) is 17.2 Å². The van der Waals surface area contributed by atoms with Gasteiger partial charge < -0.3 is 15.5 Å². The average molecular weight is 560 g/mol. The first kappa shape index (κ1) is 29.9. The van der Waals surface area contributed by atoms with Crippen LogP contribution in [0.1, 0.15) is 52.6 Å². The van der Waals surface area contributed by atoms with Crippen LogP contribution in [0.15, 0.2) is 104 Å². The number of amides is 2. The van der Waals surface area contributed by atoms with Gasteiger partial charge in [0.2, 0.25) is 5.95 Å². The fourth-order valence-electron chi connectivity index (χ4n) is 4.70. The Kier molecular flexibility index (Phi) is 9.32. The van der Waals surface area contributed by atoms with E-state index in [2.05, 4.69) is 49.5 Å². The van der Waals surface area contributed by atoms with E-state index in [1.54, 1.807) is 35.4 Å². The molecule has 0 aliphatic carbocycles. The van der Waals surface area contributed by atoms with Crippen LogP contribution in [0.5, 0.6) is 0 Å². The Labute approximate surface area is 248 Å². The van der Waals surface area contributed by atoms with Gasteiger partial charge in [-0.3, -0.25) is 9.59 Å². The second-order valence-electron chi connectivity index (χ2n) is 11.0. The van der Waals surface area contributed by atoms with Crippen LogP contribution in [0.4, 0.5) is 17.3 Å². The number of anilines is 3. The molecule has 0 radical (unpaired) electrons. The minimum absolute atomic E-state index is 0.0936. The molecule has 3 aromatic carbocycles. The SMILES string of the molecule is C=CCN(CC=C)C(=O)c1ccc(Nc2nccc(-c3cccc(NC(=O)c4ccccc4C(C)(C)C)c3C)n2)cc1. The Hall–Kier alpha value is -5.04. The molecule has 42 heavy (non-hydrogen) atoms. The fraction of sp³-hybridized carbons (Fsp3) is 0.200. The van der Waals surface area contributed by atoms with Gasteiger partial charge in [0, 0.05) is 47.4 Å². The zero-order valence-electron chi connectivity index (χ0n) is 24.6. The van der Waals surface area contributed by atoms with Crippen LogP contribution in [0.3, 0.4) is 0 Å². The van der Waals surface area contributed by atoms with Gasteiger partial charge in [0.05, 0.1) is 5.69 Å². The van der Waals surface area contributed by atoms with Crippen molar-refractivity contribution in [2.75, 3.05) is 23.7 Å². The number of hydrogen-bond donors (Lipinski definition) is 2. The third-order valence-corrected chi connectivity index (χ3v) is 6.87. The highest BCUT2D eigenvalue weighted by atomic mass is 16.2. The molecule has 0 unspecified atom stereocenters. The van der Waals surface area contributed by atoms with Crippen molar-refractivity contribution in [3.63, 3.8) is 0 Å². The first-order valence-electron chi connectivity index (χ1n) is 13.8. The number of benzene rings is 3. The van der Waals surface area contributed by atoms with E-state index < -0.39 is 0 Å². The van der Waals surface area contributed by atoms with Crippen LogP contribution >= 0.6 is 0 Å². The first-order valence-corrected chi connectivity index (χ1v) is 13.8. The lowest BCUT2D eigenvalue weighted by atomic mass is 9.83. The first-order chi connectivity index (χ1) is 20.1. The van der Waals surface area contributed by atoms with Crippen LogP contribution < -0.4 is 10.6 Å². The molecule has 0 aliphatic rings. The number of rotatable bonds is 10. The topological polar surface area (TPSA) is 87.2 Å². The summed E-state index contributed by atoms with van der Waals surface area (Å²) in [5.41, 5.74) is 6.02. The van der Waals surface area contributed by atoms with Crippen LogP contribution in [-0.4, -0.2) is 39.8 Å². The van der Waals surface area contributed by atoms with Crippen molar-refractivity contribution in [2.45, 2.75) is 33.1 Å². The zero-order valence-corrected chi connectivity index (χ0v) is 24.6. The summed E-state index contributed by atoms with van der Waals surface area (Å²) in [6, 6.07) is 22.5. The number of aromatic nitrogens is 2. The molecule has 4 rings (SSSR count). The smallest absolute Gasteiger partial charge is 0.255 e. The Balaban J connectivity index is 1.53. The third kappa shape index (κ3) is 6.99. The van der Waals surface area contributed by atoms with Crippen molar-refractivity contribution >= 4 is 29.1 Å². The van der Waals surface area contributed by atoms with E-state index in [1.807, 2.05) is 67.6 Å². The lowest BCUT2D eigenvalue weighted by Crippen LogP contribution is -2.31. The molecular formula is C35H37N5O2. The van der Waals surface area contributed by atoms with E-state index in [4.69, 9.17) is 4.98 Å². The average Bonchev–Trinajstić information content (AvgIpc) is 2.98. The molecular weight excluding hydrogens is 522 g/mol. The second-order valence-corrected chi connectivity index (χ2v) is 11.0. The quantitative estimate of drug-likeness (QED) is 0.196. The summed E-state index contributed by atoms with van der Waals surface area (Å²) in [7, 11) is 0. The van der Waals surface area contributed by atoms with Crippen LogP contribution in [0.2, 0.25) is 0 Å². The standard InChI is InChI=1S/C35H37N5O2/c1-7-22-40(23-8-2)33(42)25-16-18-26(19-17-25)37-34-36-21-20-31(39-34)27-13-11-15-30(24(27)3)38-32(41)28-12-9-10-14-29(28)35(4,5)6/h7-21H,1-2,22-23H2,3-6H3,(H,38,41)(H,36,37,39). The Morgan fingerprint density at radius 2 is 1.60 bits per heavy atom. The molecule has 0 fully saturated rings. The number of carbonyl (C=O) groups excluding carboxylic acids is 2. The summed E-state index contributed by atoms with van der Waals surface area (Å²) in [6.45, 7) is 16.6. The van der Waals surface area contributed by atoms with E-state index >= 15 is 0 Å². The van der Waals surface area contributed by atoms with Crippen molar-refractivity contribution in [2.24, 2.45) is 0 Å². The van der Waals surface area contributed by atoms with Crippen molar-refractivity contribution in [1.82, 2.24) is 14.9 Å². The molecule has 7 nitrogen and oxygen atoms in total. The molecule has 1 aromatic heterocycles. The van der Waals surface area contributed by atoms with Crippen LogP contribution in [0.25, 0.3) is 11.3 Å². The monoisotopic (exact) mass is 559 g/mol. The predicted octanol–water partition coefficient (Wildman–Crippen LogP) is 7.56. The molecule has 0 saturated carbocycles. The number of nitrogens with one attached hydrogen (secondary N) is 2. The number of carbonyl (C=O) groups is 2. The summed E-state index contributed by atoms with van der Waals surface area (Å²) >= 11 is 0. The van der Waals surface area contributed by atoms with E-state index in [0.717, 1.165) is 28.1 Å². The number of nitrogens with zero attached hydrogens (tertiary/aromatic N) is 3. The van der Waals surface area contributed by atoms with Gasteiger partial charge in [-0.2, -0.15) is 0 Å². The van der Waals surface area contributed by atoms with Crippen molar-refractivity contribution in [3.05, 3.63) is 127 Å². The summed E-state index contributed by atoms with van der Waals surface area (Å²) in [6.07, 6.45) is 5.08. The van der Waals surface area contributed by atoms with Gasteiger partial charge in [-0.05, 0) is 65.9 Å². The molecule has 4 aromatic rings. The normalized spacial score (nSPS) is 11.0. The molecule has 0 atom stereocenters. The van der Waals surface area contributed by atoms with Crippen molar-refractivity contribution < 1.29 is 9.59 Å². The van der Waals surface area contributed by atoms with Crippen LogP contribution in [0, 0.1) is 6.92 Å². The molecule has 0 saturated heterocycles. The van der Waals surface area contributed by atoms with E-state index in [1.165, 1.54) is 0 Å². The highest BCUT2D eigenvalue weighted by molar-refractivity contribution is 6.06. The van der Waals surface area contributed by atoms with Gasteiger partial charge in [0.25, 0.3) is 11.8 Å². The molecule has 0 aliphatic heterocycles. The predicted molar refractivity (Wildman–Crippen MR) is 171 cm³/mol. The number of hydrogen-bond acceptors (Lipinski definition) is 5. The van der Waals surface area contributed by atoms with E-state index in [0.29, 0.717) is 35.9 Å². The van der Waals surface area contributed by atoms with Gasteiger partial charge >= 0.3 is 0 Å². The van der Waals surface area contributed by atoms with Gasteiger partial charge in [0.1, 0.15) is 0 Å². The molecule has 214 valence electrons. The minimum atomic E-state index is -0.164. The maximum Gasteiger partial charge on any atom is 0.255 e. The minimum Gasteiger partial charge on any atom is -0.331 e. The lowest BCUT2D eigenvalue weighted by Gasteiger charge is -2.22. The lowest BCUT2D eigenvalue weighted by molar-refractivity contribution is 0.0790. The third-order valence-electron chi connectivity index (χ3n) is 6.87. The maximum atomic E-state index is 13.3. The summed E-state index contributed by atoms with van der Waals surface area (Å²) in [5, 5.41) is 6.32. The molecule has 1 heterocycles. The summed E-state index contributed by atoms with van der Waals surface area (Å²) in [4.78, 5) is 36.9. The molecule has 2 amide bonds. The van der Waals surface area contributed by atoms with Crippen LogP contribution in [-0.2, 0) is 5.41 Å². The highest BCUT2D eigenvalue weighted by Crippen LogP contribution is 2.30. The van der Waals surface area contributed by atoms with Crippen molar-refractivity contribution in [1.29, 1.82) is 0 Å². The van der Waals surface area contributed by atoms with Gasteiger partial charge in [-0.1, -0.05) is 63.3 Å². The van der Waals surface area contributed by atoms with Gasteiger partial charge in [0.15, 0.2) is 0 Å². The van der Waals surface area contributed by atoms with Gasteiger partial charge in [-0.15, -0.1) is 13.2 Å². The molecule has 7 heteroatoms. The van der Waals surface area contributed by atoms with Gasteiger partial charge in [-0.25, -0.2) is 9.97 Å². The largest absolute Gasteiger partial charge is 0.331 e. The molecule has 0 bridgehead atoms. The van der Waals surface area contributed by atoms with E-state index in [9.17, 15) is 9.59 Å². The summed E-state index contributed by atoms with van der Waals surface area (Å²) < 4.78 is 0. The molecule has 0 spiro atoms. The Morgan fingerprint density at radius 3 is 2.26 bits per heavy atom. The fourth-order valence-corrected chi connectivity index (χ4v) is 4.70. The zero-order chi connectivity index (χ0) is 30.3.